The number of esters is 1. The molecule has 0 bridgehead atoms. The fourth-order valence-electron chi connectivity index (χ4n) is 2.75. The fraction of sp³-hybridized carbons (Fsp3) is 0.933. The SMILES string of the molecule is CC1CCCCC1OC(=O)CC(N)CC(C)(C)C. The molecule has 0 aromatic heterocycles. The number of ether oxygens (including phenoxy) is 1. The Kier molecular flexibility index (Phi) is 5.64. The second-order valence-corrected chi connectivity index (χ2v) is 7.02. The highest BCUT2D eigenvalue weighted by atomic mass is 16.5. The lowest BCUT2D eigenvalue weighted by atomic mass is 9.87. The van der Waals surface area contributed by atoms with Crippen molar-refractivity contribution < 1.29 is 9.53 Å². The molecule has 1 aliphatic rings. The molecule has 1 saturated carbocycles. The maximum atomic E-state index is 11.9. The molecule has 0 amide bonds. The molecule has 0 heterocycles. The van der Waals surface area contributed by atoms with Crippen molar-refractivity contribution in [2.24, 2.45) is 17.1 Å². The molecule has 18 heavy (non-hydrogen) atoms. The summed E-state index contributed by atoms with van der Waals surface area (Å²) in [7, 11) is 0. The van der Waals surface area contributed by atoms with Crippen molar-refractivity contribution in [3.63, 3.8) is 0 Å². The maximum Gasteiger partial charge on any atom is 0.307 e. The third-order valence-corrected chi connectivity index (χ3v) is 3.62. The Morgan fingerprint density at radius 2 is 1.94 bits per heavy atom. The average Bonchev–Trinajstić information content (AvgIpc) is 2.18. The molecule has 0 saturated heterocycles. The molecule has 0 radical (unpaired) electrons. The molecule has 0 spiro atoms. The normalized spacial score (nSPS) is 26.7. The van der Waals surface area contributed by atoms with E-state index in [9.17, 15) is 4.79 Å². The molecule has 1 aliphatic carbocycles. The molecular weight excluding hydrogens is 226 g/mol. The molecular formula is C15H29NO2. The predicted octanol–water partition coefficient (Wildman–Crippen LogP) is 3.26. The van der Waals surface area contributed by atoms with Gasteiger partial charge in [-0.1, -0.05) is 34.1 Å². The summed E-state index contributed by atoms with van der Waals surface area (Å²) in [5, 5.41) is 0. The number of carbonyl (C=O) groups is 1. The summed E-state index contributed by atoms with van der Waals surface area (Å²) in [4.78, 5) is 11.9. The molecule has 3 nitrogen and oxygen atoms in total. The molecule has 1 rings (SSSR count). The first-order chi connectivity index (χ1) is 8.28. The first-order valence-electron chi connectivity index (χ1n) is 7.23. The van der Waals surface area contributed by atoms with E-state index in [1.807, 2.05) is 0 Å². The Morgan fingerprint density at radius 3 is 2.50 bits per heavy atom. The van der Waals surface area contributed by atoms with Crippen LogP contribution in [0.5, 0.6) is 0 Å². The molecule has 106 valence electrons. The van der Waals surface area contributed by atoms with Crippen molar-refractivity contribution in [3.8, 4) is 0 Å². The van der Waals surface area contributed by atoms with E-state index < -0.39 is 0 Å². The molecule has 2 N–H and O–H groups in total. The Labute approximate surface area is 111 Å². The summed E-state index contributed by atoms with van der Waals surface area (Å²) in [5.74, 6) is 0.382. The van der Waals surface area contributed by atoms with Crippen LogP contribution in [0.3, 0.4) is 0 Å². The van der Waals surface area contributed by atoms with E-state index in [0.29, 0.717) is 12.3 Å². The first kappa shape index (κ1) is 15.5. The Balaban J connectivity index is 2.32. The molecule has 0 aromatic carbocycles. The third kappa shape index (κ3) is 5.85. The number of hydrogen-bond acceptors (Lipinski definition) is 3. The zero-order valence-corrected chi connectivity index (χ0v) is 12.4. The highest BCUT2D eigenvalue weighted by molar-refractivity contribution is 5.70. The van der Waals surface area contributed by atoms with Gasteiger partial charge in [0.2, 0.25) is 0 Å². The second kappa shape index (κ2) is 6.55. The largest absolute Gasteiger partial charge is 0.462 e. The zero-order valence-electron chi connectivity index (χ0n) is 12.4. The number of carbonyl (C=O) groups excluding carboxylic acids is 1. The van der Waals surface area contributed by atoms with Gasteiger partial charge in [-0.15, -0.1) is 0 Å². The van der Waals surface area contributed by atoms with Gasteiger partial charge in [0.1, 0.15) is 6.10 Å². The van der Waals surface area contributed by atoms with Crippen LogP contribution in [0.1, 0.15) is 66.2 Å². The molecule has 3 unspecified atom stereocenters. The Morgan fingerprint density at radius 1 is 1.33 bits per heavy atom. The third-order valence-electron chi connectivity index (χ3n) is 3.62. The van der Waals surface area contributed by atoms with E-state index >= 15 is 0 Å². The van der Waals surface area contributed by atoms with Gasteiger partial charge < -0.3 is 10.5 Å². The highest BCUT2D eigenvalue weighted by Gasteiger charge is 2.26. The summed E-state index contributed by atoms with van der Waals surface area (Å²) in [5.41, 5.74) is 6.16. The van der Waals surface area contributed by atoms with Crippen LogP contribution in [0.2, 0.25) is 0 Å². The van der Waals surface area contributed by atoms with E-state index in [1.54, 1.807) is 0 Å². The van der Waals surface area contributed by atoms with Crippen LogP contribution in [0, 0.1) is 11.3 Å². The molecule has 0 aliphatic heterocycles. The summed E-state index contributed by atoms with van der Waals surface area (Å²) in [6.07, 6.45) is 5.94. The van der Waals surface area contributed by atoms with Gasteiger partial charge in [0.15, 0.2) is 0 Å². The number of rotatable bonds is 4. The van der Waals surface area contributed by atoms with E-state index in [0.717, 1.165) is 12.8 Å². The summed E-state index contributed by atoms with van der Waals surface area (Å²) in [6.45, 7) is 8.59. The van der Waals surface area contributed by atoms with Crippen LogP contribution >= 0.6 is 0 Å². The van der Waals surface area contributed by atoms with Gasteiger partial charge in [0.25, 0.3) is 0 Å². The van der Waals surface area contributed by atoms with Crippen LogP contribution in [0.15, 0.2) is 0 Å². The lowest BCUT2D eigenvalue weighted by Gasteiger charge is -2.29. The van der Waals surface area contributed by atoms with Crippen molar-refractivity contribution in [1.29, 1.82) is 0 Å². The number of hydrogen-bond donors (Lipinski definition) is 1. The van der Waals surface area contributed by atoms with Crippen LogP contribution in [0.4, 0.5) is 0 Å². The maximum absolute atomic E-state index is 11.9. The summed E-state index contributed by atoms with van der Waals surface area (Å²) >= 11 is 0. The fourth-order valence-corrected chi connectivity index (χ4v) is 2.75. The minimum atomic E-state index is -0.120. The van der Waals surface area contributed by atoms with E-state index in [-0.39, 0.29) is 23.5 Å². The van der Waals surface area contributed by atoms with Crippen molar-refractivity contribution >= 4 is 5.97 Å². The minimum absolute atomic E-state index is 0.0867. The van der Waals surface area contributed by atoms with Crippen molar-refractivity contribution in [1.82, 2.24) is 0 Å². The van der Waals surface area contributed by atoms with E-state index in [4.69, 9.17) is 10.5 Å². The first-order valence-corrected chi connectivity index (χ1v) is 7.23. The number of nitrogens with two attached hydrogens (primary N) is 1. The molecule has 0 aromatic rings. The summed E-state index contributed by atoms with van der Waals surface area (Å²) < 4.78 is 5.57. The zero-order chi connectivity index (χ0) is 13.8. The predicted molar refractivity (Wildman–Crippen MR) is 74.2 cm³/mol. The van der Waals surface area contributed by atoms with Crippen LogP contribution in [-0.4, -0.2) is 18.1 Å². The van der Waals surface area contributed by atoms with Crippen molar-refractivity contribution in [3.05, 3.63) is 0 Å². The molecule has 3 atom stereocenters. The van der Waals surface area contributed by atoms with Crippen molar-refractivity contribution in [2.45, 2.75) is 78.4 Å². The highest BCUT2D eigenvalue weighted by Crippen LogP contribution is 2.27. The lowest BCUT2D eigenvalue weighted by molar-refractivity contribution is -0.153. The topological polar surface area (TPSA) is 52.3 Å². The minimum Gasteiger partial charge on any atom is -0.462 e. The Bertz CT molecular complexity index is 270. The van der Waals surface area contributed by atoms with Gasteiger partial charge in [0, 0.05) is 6.04 Å². The van der Waals surface area contributed by atoms with Gasteiger partial charge in [-0.2, -0.15) is 0 Å². The quantitative estimate of drug-likeness (QED) is 0.784. The van der Waals surface area contributed by atoms with Crippen LogP contribution in [0.25, 0.3) is 0 Å². The monoisotopic (exact) mass is 255 g/mol. The van der Waals surface area contributed by atoms with Crippen LogP contribution in [-0.2, 0) is 9.53 Å². The molecule has 3 heteroatoms. The average molecular weight is 255 g/mol. The Hall–Kier alpha value is -0.570. The second-order valence-electron chi connectivity index (χ2n) is 7.02. The van der Waals surface area contributed by atoms with Crippen molar-refractivity contribution in [2.75, 3.05) is 0 Å². The van der Waals surface area contributed by atoms with Gasteiger partial charge in [-0.3, -0.25) is 4.79 Å². The van der Waals surface area contributed by atoms with E-state index in [1.165, 1.54) is 19.3 Å². The lowest BCUT2D eigenvalue weighted by Crippen LogP contribution is -2.33. The van der Waals surface area contributed by atoms with Gasteiger partial charge in [0.05, 0.1) is 6.42 Å². The standard InChI is InChI=1S/C15H29NO2/c1-11-7-5-6-8-13(11)18-14(17)9-12(16)10-15(2,3)4/h11-13H,5-10,16H2,1-4H3. The van der Waals surface area contributed by atoms with Gasteiger partial charge in [-0.25, -0.2) is 0 Å². The van der Waals surface area contributed by atoms with Gasteiger partial charge >= 0.3 is 5.97 Å². The molecule has 1 fully saturated rings. The van der Waals surface area contributed by atoms with Gasteiger partial charge in [-0.05, 0) is 37.0 Å². The van der Waals surface area contributed by atoms with E-state index in [2.05, 4.69) is 27.7 Å². The van der Waals surface area contributed by atoms with Crippen LogP contribution < -0.4 is 5.73 Å². The smallest absolute Gasteiger partial charge is 0.307 e. The summed E-state index contributed by atoms with van der Waals surface area (Å²) in [6, 6.07) is -0.0867.